The first-order chi connectivity index (χ1) is 8.56. The average Bonchev–Trinajstić information content (AvgIpc) is 2.85. The minimum Gasteiger partial charge on any atom is -0.478 e. The average molecular weight is 268 g/mol. The molecule has 6 nitrogen and oxygen atoms in total. The van der Waals surface area contributed by atoms with Crippen LogP contribution in [0.4, 0.5) is 0 Å². The van der Waals surface area contributed by atoms with Crippen molar-refractivity contribution in [2.75, 3.05) is 0 Å². The number of aryl methyl sites for hydroxylation is 1. The summed E-state index contributed by atoms with van der Waals surface area (Å²) in [5, 5.41) is 13.7. The third-order valence-electron chi connectivity index (χ3n) is 2.38. The van der Waals surface area contributed by atoms with Gasteiger partial charge < -0.3 is 19.8 Å². The minimum atomic E-state index is -0.996. The van der Waals surface area contributed by atoms with Crippen LogP contribution in [0.3, 0.4) is 0 Å². The van der Waals surface area contributed by atoms with Gasteiger partial charge in [-0.3, -0.25) is 4.79 Å². The van der Waals surface area contributed by atoms with E-state index in [-0.39, 0.29) is 10.4 Å². The molecular formula is C11H12N2O4S. The Morgan fingerprint density at radius 2 is 2.33 bits per heavy atom. The summed E-state index contributed by atoms with van der Waals surface area (Å²) in [6, 6.07) is 1.50. The van der Waals surface area contributed by atoms with Crippen LogP contribution in [-0.4, -0.2) is 16.1 Å². The number of H-pyrrole nitrogens is 1. The number of nitrogens with one attached hydrogen (secondary N) is 2. The zero-order valence-electron chi connectivity index (χ0n) is 9.65. The number of hydrogen-bond acceptors (Lipinski definition) is 5. The van der Waals surface area contributed by atoms with Crippen molar-refractivity contribution < 1.29 is 14.3 Å². The first-order valence-electron chi connectivity index (χ1n) is 5.26. The standard InChI is InChI=1S/C11H12N2O4S/c1-6-9(10(14)15)2-8(17-6)4-12-3-7-5-18-11(16)13-7/h2,5,12H,3-4H2,1H3,(H,13,16)(H,14,15). The molecule has 3 N–H and O–H groups in total. The van der Waals surface area contributed by atoms with Gasteiger partial charge in [0.1, 0.15) is 17.1 Å². The fraction of sp³-hybridized carbons (Fsp3) is 0.273. The van der Waals surface area contributed by atoms with E-state index in [9.17, 15) is 9.59 Å². The molecule has 7 heteroatoms. The van der Waals surface area contributed by atoms with Crippen LogP contribution in [0.15, 0.2) is 20.7 Å². The van der Waals surface area contributed by atoms with Gasteiger partial charge in [0, 0.05) is 17.6 Å². The highest BCUT2D eigenvalue weighted by molar-refractivity contribution is 7.07. The van der Waals surface area contributed by atoms with E-state index in [0.717, 1.165) is 17.0 Å². The second-order valence-electron chi connectivity index (χ2n) is 3.76. The number of aromatic amines is 1. The van der Waals surface area contributed by atoms with Crippen LogP contribution in [-0.2, 0) is 13.1 Å². The van der Waals surface area contributed by atoms with Crippen molar-refractivity contribution in [3.8, 4) is 0 Å². The lowest BCUT2D eigenvalue weighted by molar-refractivity contribution is 0.0695. The Kier molecular flexibility index (Phi) is 3.63. The van der Waals surface area contributed by atoms with Crippen molar-refractivity contribution in [1.82, 2.24) is 10.3 Å². The molecule has 0 fully saturated rings. The van der Waals surface area contributed by atoms with Crippen molar-refractivity contribution in [2.24, 2.45) is 0 Å². The van der Waals surface area contributed by atoms with E-state index in [1.807, 2.05) is 0 Å². The SMILES string of the molecule is Cc1oc(CNCc2csc(=O)[nH]2)cc1C(=O)O. The maximum absolute atomic E-state index is 10.9. The molecule has 0 atom stereocenters. The first kappa shape index (κ1) is 12.6. The molecule has 18 heavy (non-hydrogen) atoms. The summed E-state index contributed by atoms with van der Waals surface area (Å²) in [5.41, 5.74) is 0.975. The molecule has 2 aromatic heterocycles. The predicted octanol–water partition coefficient (Wildman–Crippen LogP) is 1.33. The van der Waals surface area contributed by atoms with Gasteiger partial charge >= 0.3 is 10.8 Å². The van der Waals surface area contributed by atoms with Crippen molar-refractivity contribution in [2.45, 2.75) is 20.0 Å². The van der Waals surface area contributed by atoms with Gasteiger partial charge in [-0.15, -0.1) is 0 Å². The highest BCUT2D eigenvalue weighted by Gasteiger charge is 2.13. The maximum atomic E-state index is 10.9. The van der Waals surface area contributed by atoms with Gasteiger partial charge in [0.25, 0.3) is 0 Å². The summed E-state index contributed by atoms with van der Waals surface area (Å²) in [5.74, 6) is -0.0459. The molecule has 2 aromatic rings. The number of rotatable bonds is 5. The molecule has 0 saturated heterocycles. The van der Waals surface area contributed by atoms with Gasteiger partial charge in [0.15, 0.2) is 0 Å². The number of carboxylic acid groups (broad SMARTS) is 1. The van der Waals surface area contributed by atoms with E-state index in [1.54, 1.807) is 12.3 Å². The van der Waals surface area contributed by atoms with Crippen LogP contribution in [0, 0.1) is 6.92 Å². The van der Waals surface area contributed by atoms with Gasteiger partial charge in [-0.1, -0.05) is 11.3 Å². The van der Waals surface area contributed by atoms with E-state index in [0.29, 0.717) is 24.6 Å². The van der Waals surface area contributed by atoms with Crippen molar-refractivity contribution in [3.63, 3.8) is 0 Å². The summed E-state index contributed by atoms with van der Waals surface area (Å²) in [7, 11) is 0. The molecule has 0 aromatic carbocycles. The van der Waals surface area contributed by atoms with Gasteiger partial charge in [-0.25, -0.2) is 4.79 Å². The highest BCUT2D eigenvalue weighted by Crippen LogP contribution is 2.14. The number of hydrogen-bond donors (Lipinski definition) is 3. The molecule has 0 bridgehead atoms. The highest BCUT2D eigenvalue weighted by atomic mass is 32.1. The minimum absolute atomic E-state index is 0.0891. The van der Waals surface area contributed by atoms with E-state index in [1.165, 1.54) is 6.07 Å². The Bertz CT molecular complexity index is 611. The fourth-order valence-electron chi connectivity index (χ4n) is 1.56. The molecule has 0 saturated carbocycles. The Hall–Kier alpha value is -1.86. The van der Waals surface area contributed by atoms with E-state index in [2.05, 4.69) is 10.3 Å². The number of carboxylic acids is 1. The summed E-state index contributed by atoms with van der Waals surface area (Å²) in [6.45, 7) is 2.52. The van der Waals surface area contributed by atoms with Crippen molar-refractivity contribution >= 4 is 17.3 Å². The molecule has 0 amide bonds. The maximum Gasteiger partial charge on any atom is 0.339 e. The lowest BCUT2D eigenvalue weighted by atomic mass is 10.2. The van der Waals surface area contributed by atoms with Gasteiger partial charge in [-0.05, 0) is 13.0 Å². The van der Waals surface area contributed by atoms with Crippen LogP contribution >= 0.6 is 11.3 Å². The second-order valence-corrected chi connectivity index (χ2v) is 4.61. The van der Waals surface area contributed by atoms with Crippen LogP contribution in [0.1, 0.15) is 27.6 Å². The molecule has 0 radical (unpaired) electrons. The van der Waals surface area contributed by atoms with E-state index in [4.69, 9.17) is 9.52 Å². The fourth-order valence-corrected chi connectivity index (χ4v) is 2.15. The number of thiazole rings is 1. The smallest absolute Gasteiger partial charge is 0.339 e. The largest absolute Gasteiger partial charge is 0.478 e. The van der Waals surface area contributed by atoms with E-state index >= 15 is 0 Å². The Balaban J connectivity index is 1.92. The lowest BCUT2D eigenvalue weighted by Gasteiger charge is -1.99. The van der Waals surface area contributed by atoms with Gasteiger partial charge in [0.2, 0.25) is 0 Å². The quantitative estimate of drug-likeness (QED) is 0.760. The van der Waals surface area contributed by atoms with Gasteiger partial charge in [-0.2, -0.15) is 0 Å². The number of carbonyl (C=O) groups is 1. The number of furan rings is 1. The summed E-state index contributed by atoms with van der Waals surface area (Å²) in [6.07, 6.45) is 0. The van der Waals surface area contributed by atoms with Gasteiger partial charge in [0.05, 0.1) is 6.54 Å². The van der Waals surface area contributed by atoms with Crippen LogP contribution < -0.4 is 10.2 Å². The molecule has 0 aliphatic heterocycles. The molecule has 0 unspecified atom stereocenters. The summed E-state index contributed by atoms with van der Waals surface area (Å²) in [4.78, 5) is 24.3. The van der Waals surface area contributed by atoms with Crippen molar-refractivity contribution in [3.05, 3.63) is 43.9 Å². The zero-order chi connectivity index (χ0) is 13.1. The predicted molar refractivity (Wildman–Crippen MR) is 65.9 cm³/mol. The normalized spacial score (nSPS) is 10.7. The van der Waals surface area contributed by atoms with Crippen molar-refractivity contribution in [1.29, 1.82) is 0 Å². The molecule has 2 rings (SSSR count). The molecule has 2 heterocycles. The molecule has 0 aliphatic carbocycles. The Labute approximate surface area is 106 Å². The summed E-state index contributed by atoms with van der Waals surface area (Å²) >= 11 is 1.11. The molecule has 0 aliphatic rings. The molecule has 0 spiro atoms. The number of aromatic nitrogens is 1. The number of aromatic carboxylic acids is 1. The molecule has 96 valence electrons. The lowest BCUT2D eigenvalue weighted by Crippen LogP contribution is -2.13. The first-order valence-corrected chi connectivity index (χ1v) is 6.14. The summed E-state index contributed by atoms with van der Waals surface area (Å²) < 4.78 is 5.31. The molecular weight excluding hydrogens is 256 g/mol. The van der Waals surface area contributed by atoms with E-state index < -0.39 is 5.97 Å². The third kappa shape index (κ3) is 2.88. The zero-order valence-corrected chi connectivity index (χ0v) is 10.5. The van der Waals surface area contributed by atoms with Crippen LogP contribution in [0.25, 0.3) is 0 Å². The third-order valence-corrected chi connectivity index (χ3v) is 3.10. The van der Waals surface area contributed by atoms with Crippen LogP contribution in [0.5, 0.6) is 0 Å². The second kappa shape index (κ2) is 5.19. The topological polar surface area (TPSA) is 95.3 Å². The van der Waals surface area contributed by atoms with Crippen LogP contribution in [0.2, 0.25) is 0 Å². The Morgan fingerprint density at radius 3 is 2.89 bits per heavy atom. The monoisotopic (exact) mass is 268 g/mol. The Morgan fingerprint density at radius 1 is 1.56 bits per heavy atom.